The van der Waals surface area contributed by atoms with Crippen molar-refractivity contribution in [1.82, 2.24) is 10.6 Å². The van der Waals surface area contributed by atoms with Crippen molar-refractivity contribution >= 4 is 17.9 Å². The van der Waals surface area contributed by atoms with Gasteiger partial charge in [0.15, 0.2) is 6.61 Å². The first-order chi connectivity index (χ1) is 14.7. The molecule has 2 amide bonds. The van der Waals surface area contributed by atoms with Crippen molar-refractivity contribution < 1.29 is 32.2 Å². The molecule has 2 aromatic rings. The van der Waals surface area contributed by atoms with Crippen LogP contribution in [0.1, 0.15) is 18.1 Å². The van der Waals surface area contributed by atoms with Crippen LogP contribution in [0.5, 0.6) is 11.5 Å². The van der Waals surface area contributed by atoms with Crippen LogP contribution in [-0.4, -0.2) is 37.7 Å². The van der Waals surface area contributed by atoms with Crippen molar-refractivity contribution in [2.75, 3.05) is 13.7 Å². The third-order valence-electron chi connectivity index (χ3n) is 4.09. The summed E-state index contributed by atoms with van der Waals surface area (Å²) in [4.78, 5) is 24.2. The van der Waals surface area contributed by atoms with Crippen LogP contribution in [0.3, 0.4) is 0 Å². The van der Waals surface area contributed by atoms with Crippen LogP contribution in [0.4, 0.5) is 13.2 Å². The van der Waals surface area contributed by atoms with Crippen molar-refractivity contribution in [3.05, 3.63) is 65.7 Å². The number of rotatable bonds is 9. The Morgan fingerprint density at radius 1 is 1.03 bits per heavy atom. The van der Waals surface area contributed by atoms with Crippen LogP contribution in [0, 0.1) is 0 Å². The van der Waals surface area contributed by atoms with Gasteiger partial charge >= 0.3 is 6.18 Å². The second-order valence-corrected chi connectivity index (χ2v) is 6.60. The average Bonchev–Trinajstić information content (AvgIpc) is 2.75. The number of carbonyl (C=O) groups excluding carboxylic acids is 2. The topological polar surface area (TPSA) is 76.7 Å². The Hall–Kier alpha value is -3.49. The zero-order chi connectivity index (χ0) is 22.9. The molecule has 9 heteroatoms. The number of benzene rings is 2. The molecule has 0 aromatic heterocycles. The van der Waals surface area contributed by atoms with Crippen LogP contribution in [0.25, 0.3) is 6.08 Å². The van der Waals surface area contributed by atoms with E-state index in [1.807, 2.05) is 0 Å². The number of halogens is 3. The molecule has 1 atom stereocenters. The fourth-order valence-electron chi connectivity index (χ4n) is 2.42. The van der Waals surface area contributed by atoms with E-state index in [4.69, 9.17) is 4.74 Å². The molecule has 0 aliphatic carbocycles. The summed E-state index contributed by atoms with van der Waals surface area (Å²) in [5.74, 6) is -0.0414. The lowest BCUT2D eigenvalue weighted by Crippen LogP contribution is -2.44. The summed E-state index contributed by atoms with van der Waals surface area (Å²) in [6.07, 6.45) is -1.47. The van der Waals surface area contributed by atoms with Crippen LogP contribution in [0.2, 0.25) is 0 Å². The molecular formula is C22H23F3N2O4. The molecule has 0 bridgehead atoms. The van der Waals surface area contributed by atoms with Gasteiger partial charge in [0.05, 0.1) is 7.11 Å². The van der Waals surface area contributed by atoms with Crippen molar-refractivity contribution in [2.45, 2.75) is 25.7 Å². The minimum atomic E-state index is -4.41. The minimum absolute atomic E-state index is 0.0803. The van der Waals surface area contributed by atoms with Gasteiger partial charge in [-0.25, -0.2) is 0 Å². The van der Waals surface area contributed by atoms with Crippen LogP contribution >= 0.6 is 0 Å². The fourth-order valence-corrected chi connectivity index (χ4v) is 2.42. The number of hydrogen-bond acceptors (Lipinski definition) is 4. The second kappa shape index (κ2) is 11.1. The normalized spacial score (nSPS) is 12.3. The molecule has 0 fully saturated rings. The molecule has 6 nitrogen and oxygen atoms in total. The number of methoxy groups -OCH3 is 1. The number of amides is 2. The predicted octanol–water partition coefficient (Wildman–Crippen LogP) is 3.47. The highest BCUT2D eigenvalue weighted by Gasteiger charge is 2.28. The van der Waals surface area contributed by atoms with Crippen molar-refractivity contribution in [3.8, 4) is 11.5 Å². The van der Waals surface area contributed by atoms with Gasteiger partial charge in [-0.1, -0.05) is 24.3 Å². The molecule has 0 saturated carbocycles. The maximum atomic E-state index is 12.2. The molecule has 0 unspecified atom stereocenters. The summed E-state index contributed by atoms with van der Waals surface area (Å²) < 4.78 is 46.1. The Balaban J connectivity index is 1.77. The lowest BCUT2D eigenvalue weighted by molar-refractivity contribution is -0.153. The quantitative estimate of drug-likeness (QED) is 0.591. The second-order valence-electron chi connectivity index (χ2n) is 6.60. The number of hydrogen-bond donors (Lipinski definition) is 2. The van der Waals surface area contributed by atoms with Gasteiger partial charge in [0.25, 0.3) is 0 Å². The zero-order valence-electron chi connectivity index (χ0n) is 17.0. The standard InChI is InChI=1S/C22H23F3N2O4/c1-15(27-20(28)12-7-16-3-8-18(30-2)9-4-16)21(29)26-13-17-5-10-19(11-6-17)31-14-22(23,24)25/h3-12,15H,13-14H2,1-2H3,(H,26,29)(H,27,28)/b12-7+/t15-/m1/s1. The summed E-state index contributed by atoms with van der Waals surface area (Å²) >= 11 is 0. The Morgan fingerprint density at radius 3 is 2.23 bits per heavy atom. The SMILES string of the molecule is COc1ccc(/C=C/C(=O)N[C@H](C)C(=O)NCc2ccc(OCC(F)(F)F)cc2)cc1. The molecule has 2 rings (SSSR count). The maximum absolute atomic E-state index is 12.2. The van der Waals surface area contributed by atoms with Gasteiger partial charge in [0.2, 0.25) is 11.8 Å². The van der Waals surface area contributed by atoms with E-state index in [2.05, 4.69) is 15.4 Å². The third kappa shape index (κ3) is 8.81. The van der Waals surface area contributed by atoms with Gasteiger partial charge in [-0.15, -0.1) is 0 Å². The molecule has 31 heavy (non-hydrogen) atoms. The van der Waals surface area contributed by atoms with E-state index in [-0.39, 0.29) is 12.3 Å². The van der Waals surface area contributed by atoms with E-state index in [0.717, 1.165) is 5.56 Å². The van der Waals surface area contributed by atoms with E-state index < -0.39 is 30.6 Å². The van der Waals surface area contributed by atoms with E-state index in [9.17, 15) is 22.8 Å². The predicted molar refractivity (Wildman–Crippen MR) is 109 cm³/mol. The maximum Gasteiger partial charge on any atom is 0.422 e. The Bertz CT molecular complexity index is 894. The van der Waals surface area contributed by atoms with Gasteiger partial charge in [-0.2, -0.15) is 13.2 Å². The molecule has 0 heterocycles. The van der Waals surface area contributed by atoms with E-state index in [0.29, 0.717) is 11.3 Å². The highest BCUT2D eigenvalue weighted by Crippen LogP contribution is 2.18. The smallest absolute Gasteiger partial charge is 0.422 e. The third-order valence-corrected chi connectivity index (χ3v) is 4.09. The zero-order valence-corrected chi connectivity index (χ0v) is 17.0. The minimum Gasteiger partial charge on any atom is -0.497 e. The van der Waals surface area contributed by atoms with Gasteiger partial charge < -0.3 is 20.1 Å². The largest absolute Gasteiger partial charge is 0.497 e. The molecule has 2 N–H and O–H groups in total. The van der Waals surface area contributed by atoms with Crippen molar-refractivity contribution in [1.29, 1.82) is 0 Å². The lowest BCUT2D eigenvalue weighted by atomic mass is 10.2. The first-order valence-corrected chi connectivity index (χ1v) is 9.35. The molecule has 0 spiro atoms. The summed E-state index contributed by atoms with van der Waals surface area (Å²) in [6.45, 7) is 0.329. The van der Waals surface area contributed by atoms with Crippen molar-refractivity contribution in [2.24, 2.45) is 0 Å². The molecule has 166 valence electrons. The van der Waals surface area contributed by atoms with E-state index >= 15 is 0 Å². The molecular weight excluding hydrogens is 413 g/mol. The van der Waals surface area contributed by atoms with Gasteiger partial charge in [-0.05, 0) is 48.4 Å². The number of carbonyl (C=O) groups is 2. The van der Waals surface area contributed by atoms with Crippen LogP contribution in [-0.2, 0) is 16.1 Å². The first kappa shape index (κ1) is 23.8. The highest BCUT2D eigenvalue weighted by molar-refractivity contribution is 5.95. The Morgan fingerprint density at radius 2 is 1.65 bits per heavy atom. The highest BCUT2D eigenvalue weighted by atomic mass is 19.4. The number of ether oxygens (including phenoxy) is 2. The molecule has 0 radical (unpaired) electrons. The summed E-state index contributed by atoms with van der Waals surface area (Å²) in [7, 11) is 1.56. The van der Waals surface area contributed by atoms with E-state index in [1.54, 1.807) is 56.5 Å². The Labute approximate surface area is 178 Å². The van der Waals surface area contributed by atoms with E-state index in [1.165, 1.54) is 18.2 Å². The van der Waals surface area contributed by atoms with Crippen molar-refractivity contribution in [3.63, 3.8) is 0 Å². The van der Waals surface area contributed by atoms with Crippen LogP contribution < -0.4 is 20.1 Å². The van der Waals surface area contributed by atoms with Gasteiger partial charge in [0, 0.05) is 12.6 Å². The molecule has 0 aliphatic rings. The molecule has 0 aliphatic heterocycles. The first-order valence-electron chi connectivity index (χ1n) is 9.35. The number of nitrogens with one attached hydrogen (secondary N) is 2. The van der Waals surface area contributed by atoms with Crippen LogP contribution in [0.15, 0.2) is 54.6 Å². The Kier molecular flexibility index (Phi) is 8.48. The number of alkyl halides is 3. The average molecular weight is 436 g/mol. The fraction of sp³-hybridized carbons (Fsp3) is 0.273. The molecule has 0 saturated heterocycles. The monoisotopic (exact) mass is 436 g/mol. The summed E-state index contributed by atoms with van der Waals surface area (Å²) in [6, 6.07) is 12.2. The molecule has 2 aromatic carbocycles. The summed E-state index contributed by atoms with van der Waals surface area (Å²) in [5.41, 5.74) is 1.47. The van der Waals surface area contributed by atoms with Gasteiger partial charge in [0.1, 0.15) is 17.5 Å². The summed E-state index contributed by atoms with van der Waals surface area (Å²) in [5, 5.41) is 5.21. The van der Waals surface area contributed by atoms with Gasteiger partial charge in [-0.3, -0.25) is 9.59 Å². The lowest BCUT2D eigenvalue weighted by Gasteiger charge is -2.13.